The molecule has 0 fully saturated rings. The topological polar surface area (TPSA) is 29.5 Å². The van der Waals surface area contributed by atoms with E-state index >= 15 is 0 Å². The maximum Gasteiger partial charge on any atom is 0.118 e. The van der Waals surface area contributed by atoms with Crippen molar-refractivity contribution in [3.63, 3.8) is 0 Å². The summed E-state index contributed by atoms with van der Waals surface area (Å²) in [5.74, 6) is 0.811. The Morgan fingerprint density at radius 1 is 1.16 bits per heavy atom. The van der Waals surface area contributed by atoms with Crippen molar-refractivity contribution >= 4 is 11.6 Å². The van der Waals surface area contributed by atoms with Crippen LogP contribution >= 0.6 is 11.6 Å². The number of hydrogen-bond donors (Lipinski definition) is 1. The highest BCUT2D eigenvalue weighted by atomic mass is 35.5. The summed E-state index contributed by atoms with van der Waals surface area (Å²) in [6, 6.07) is 15.0. The zero-order chi connectivity index (χ0) is 13.9. The minimum atomic E-state index is -0.945. The molecule has 1 unspecified atom stereocenters. The van der Waals surface area contributed by atoms with E-state index in [-0.39, 0.29) is 0 Å². The van der Waals surface area contributed by atoms with Gasteiger partial charge in [0.05, 0.1) is 12.7 Å². The second kappa shape index (κ2) is 5.64. The normalized spacial score (nSPS) is 13.9. The van der Waals surface area contributed by atoms with Crippen LogP contribution in [0.15, 0.2) is 48.5 Å². The van der Waals surface area contributed by atoms with E-state index in [0.717, 1.165) is 16.9 Å². The van der Waals surface area contributed by atoms with Gasteiger partial charge in [-0.15, -0.1) is 0 Å². The van der Waals surface area contributed by atoms with Gasteiger partial charge in [-0.1, -0.05) is 35.9 Å². The van der Waals surface area contributed by atoms with Gasteiger partial charge in [0.1, 0.15) is 5.75 Å². The second-order valence-electron chi connectivity index (χ2n) is 4.81. The lowest BCUT2D eigenvalue weighted by molar-refractivity contribution is 0.0576. The average Bonchev–Trinajstić information content (AvgIpc) is 2.39. The molecule has 0 saturated heterocycles. The van der Waals surface area contributed by atoms with Crippen LogP contribution in [0.5, 0.6) is 5.75 Å². The molecule has 0 radical (unpaired) electrons. The summed E-state index contributed by atoms with van der Waals surface area (Å²) in [6.45, 7) is 1.79. The van der Waals surface area contributed by atoms with Gasteiger partial charge in [-0.05, 0) is 42.3 Å². The Labute approximate surface area is 118 Å². The SMILES string of the molecule is COc1ccc(CC(C)(O)c2cccc(Cl)c2)cc1. The van der Waals surface area contributed by atoms with E-state index in [1.165, 1.54) is 0 Å². The van der Waals surface area contributed by atoms with Crippen molar-refractivity contribution in [2.75, 3.05) is 7.11 Å². The van der Waals surface area contributed by atoms with E-state index in [1.54, 1.807) is 26.2 Å². The molecule has 2 nitrogen and oxygen atoms in total. The number of benzene rings is 2. The Morgan fingerprint density at radius 2 is 1.84 bits per heavy atom. The minimum absolute atomic E-state index is 0.525. The Balaban J connectivity index is 2.20. The molecule has 0 aliphatic rings. The number of methoxy groups -OCH3 is 1. The third-order valence-corrected chi connectivity index (χ3v) is 3.39. The molecule has 0 spiro atoms. The standard InChI is InChI=1S/C16H17ClO2/c1-16(18,13-4-3-5-14(17)10-13)11-12-6-8-15(19-2)9-7-12/h3-10,18H,11H2,1-2H3. The molecule has 2 aromatic carbocycles. The molecule has 100 valence electrons. The molecule has 0 aliphatic heterocycles. The minimum Gasteiger partial charge on any atom is -0.497 e. The lowest BCUT2D eigenvalue weighted by atomic mass is 9.89. The summed E-state index contributed by atoms with van der Waals surface area (Å²) in [5.41, 5.74) is 0.918. The van der Waals surface area contributed by atoms with Gasteiger partial charge in [0.25, 0.3) is 0 Å². The first kappa shape index (κ1) is 13.9. The van der Waals surface area contributed by atoms with Gasteiger partial charge in [0.15, 0.2) is 0 Å². The maximum absolute atomic E-state index is 10.6. The molecule has 0 saturated carbocycles. The summed E-state index contributed by atoms with van der Waals surface area (Å²) in [4.78, 5) is 0. The van der Waals surface area contributed by atoms with Crippen LogP contribution in [0.3, 0.4) is 0 Å². The molecule has 0 aliphatic carbocycles. The predicted octanol–water partition coefficient (Wildman–Crippen LogP) is 3.80. The summed E-state index contributed by atoms with van der Waals surface area (Å²) in [5, 5.41) is 11.2. The first-order valence-electron chi connectivity index (χ1n) is 6.12. The van der Waals surface area contributed by atoms with Crippen LogP contribution in [0.25, 0.3) is 0 Å². The molecule has 2 rings (SSSR count). The van der Waals surface area contributed by atoms with E-state index in [2.05, 4.69) is 0 Å². The average molecular weight is 277 g/mol. The van der Waals surface area contributed by atoms with Crippen molar-refractivity contribution in [1.82, 2.24) is 0 Å². The molecule has 1 N–H and O–H groups in total. The van der Waals surface area contributed by atoms with Crippen molar-refractivity contribution in [1.29, 1.82) is 0 Å². The third kappa shape index (κ3) is 3.49. The van der Waals surface area contributed by atoms with Gasteiger partial charge in [0.2, 0.25) is 0 Å². The summed E-state index contributed by atoms with van der Waals surface area (Å²) >= 11 is 5.97. The van der Waals surface area contributed by atoms with Crippen LogP contribution in [-0.4, -0.2) is 12.2 Å². The Kier molecular flexibility index (Phi) is 4.13. The lowest BCUT2D eigenvalue weighted by Gasteiger charge is -2.24. The van der Waals surface area contributed by atoms with Crippen LogP contribution in [0, 0.1) is 0 Å². The largest absolute Gasteiger partial charge is 0.497 e. The number of halogens is 1. The van der Waals surface area contributed by atoms with Crippen LogP contribution < -0.4 is 4.74 Å². The van der Waals surface area contributed by atoms with Crippen molar-refractivity contribution in [2.45, 2.75) is 18.9 Å². The molecule has 0 amide bonds. The van der Waals surface area contributed by atoms with E-state index in [4.69, 9.17) is 16.3 Å². The molecule has 0 heterocycles. The van der Waals surface area contributed by atoms with Gasteiger partial charge in [-0.3, -0.25) is 0 Å². The number of aliphatic hydroxyl groups is 1. The molecule has 3 heteroatoms. The van der Waals surface area contributed by atoms with Gasteiger partial charge in [-0.25, -0.2) is 0 Å². The van der Waals surface area contributed by atoms with Gasteiger partial charge < -0.3 is 9.84 Å². The summed E-state index contributed by atoms with van der Waals surface area (Å²) < 4.78 is 5.12. The monoisotopic (exact) mass is 276 g/mol. The summed E-state index contributed by atoms with van der Waals surface area (Å²) in [6.07, 6.45) is 0.525. The van der Waals surface area contributed by atoms with E-state index in [1.807, 2.05) is 36.4 Å². The Hall–Kier alpha value is -1.51. The van der Waals surface area contributed by atoms with Crippen molar-refractivity contribution in [2.24, 2.45) is 0 Å². The number of rotatable bonds is 4. The van der Waals surface area contributed by atoms with Crippen molar-refractivity contribution in [3.8, 4) is 5.75 Å². The zero-order valence-corrected chi connectivity index (χ0v) is 11.8. The van der Waals surface area contributed by atoms with Crippen LogP contribution in [-0.2, 0) is 12.0 Å². The van der Waals surface area contributed by atoms with E-state index < -0.39 is 5.60 Å². The zero-order valence-electron chi connectivity index (χ0n) is 11.1. The quantitative estimate of drug-likeness (QED) is 0.920. The predicted molar refractivity (Wildman–Crippen MR) is 77.7 cm³/mol. The highest BCUT2D eigenvalue weighted by Crippen LogP contribution is 2.27. The molecule has 0 aromatic heterocycles. The van der Waals surface area contributed by atoms with Gasteiger partial charge in [0, 0.05) is 11.4 Å². The van der Waals surface area contributed by atoms with E-state index in [9.17, 15) is 5.11 Å². The number of hydrogen-bond acceptors (Lipinski definition) is 2. The second-order valence-corrected chi connectivity index (χ2v) is 5.25. The first-order chi connectivity index (χ1) is 9.01. The number of ether oxygens (including phenoxy) is 1. The smallest absolute Gasteiger partial charge is 0.118 e. The fourth-order valence-electron chi connectivity index (χ4n) is 2.07. The fraction of sp³-hybridized carbons (Fsp3) is 0.250. The first-order valence-corrected chi connectivity index (χ1v) is 6.50. The van der Waals surface area contributed by atoms with Crippen LogP contribution in [0.2, 0.25) is 5.02 Å². The molecular formula is C16H17ClO2. The van der Waals surface area contributed by atoms with Crippen LogP contribution in [0.4, 0.5) is 0 Å². The molecular weight excluding hydrogens is 260 g/mol. The van der Waals surface area contributed by atoms with E-state index in [0.29, 0.717) is 11.4 Å². The van der Waals surface area contributed by atoms with Crippen molar-refractivity contribution < 1.29 is 9.84 Å². The molecule has 19 heavy (non-hydrogen) atoms. The third-order valence-electron chi connectivity index (χ3n) is 3.15. The van der Waals surface area contributed by atoms with Crippen LogP contribution in [0.1, 0.15) is 18.1 Å². The van der Waals surface area contributed by atoms with Gasteiger partial charge >= 0.3 is 0 Å². The highest BCUT2D eigenvalue weighted by molar-refractivity contribution is 6.30. The molecule has 0 bridgehead atoms. The Morgan fingerprint density at radius 3 is 2.42 bits per heavy atom. The highest BCUT2D eigenvalue weighted by Gasteiger charge is 2.23. The molecule has 1 atom stereocenters. The fourth-order valence-corrected chi connectivity index (χ4v) is 2.26. The maximum atomic E-state index is 10.6. The Bertz CT molecular complexity index is 547. The lowest BCUT2D eigenvalue weighted by Crippen LogP contribution is -2.24. The molecule has 2 aromatic rings. The van der Waals surface area contributed by atoms with Crippen molar-refractivity contribution in [3.05, 3.63) is 64.7 Å². The van der Waals surface area contributed by atoms with Gasteiger partial charge in [-0.2, -0.15) is 0 Å². The summed E-state index contributed by atoms with van der Waals surface area (Å²) in [7, 11) is 1.64.